The number of nitriles is 1. The summed E-state index contributed by atoms with van der Waals surface area (Å²) in [6, 6.07) is 17.1. The van der Waals surface area contributed by atoms with E-state index in [0.717, 1.165) is 11.1 Å². The van der Waals surface area contributed by atoms with Crippen LogP contribution in [-0.2, 0) is 10.2 Å². The first-order valence-electron chi connectivity index (χ1n) is 6.83. The average molecular weight is 278 g/mol. The highest BCUT2D eigenvalue weighted by atomic mass is 16.2. The van der Waals surface area contributed by atoms with Crippen LogP contribution in [0.1, 0.15) is 30.5 Å². The number of benzene rings is 2. The van der Waals surface area contributed by atoms with Crippen molar-refractivity contribution in [3.63, 3.8) is 0 Å². The molecule has 0 aliphatic carbocycles. The Morgan fingerprint density at radius 1 is 1.14 bits per heavy atom. The van der Waals surface area contributed by atoms with Gasteiger partial charge in [-0.2, -0.15) is 5.26 Å². The third kappa shape index (κ3) is 3.11. The fraction of sp³-hybridized carbons (Fsp3) is 0.222. The van der Waals surface area contributed by atoms with Gasteiger partial charge in [0.25, 0.3) is 0 Å². The van der Waals surface area contributed by atoms with Gasteiger partial charge in [-0.1, -0.05) is 36.4 Å². The quantitative estimate of drug-likeness (QED) is 0.928. The van der Waals surface area contributed by atoms with Gasteiger partial charge in [-0.25, -0.2) is 0 Å². The molecule has 2 rings (SSSR count). The molecule has 0 atom stereocenters. The Morgan fingerprint density at radius 2 is 1.81 bits per heavy atom. The van der Waals surface area contributed by atoms with E-state index in [0.29, 0.717) is 11.3 Å². The molecular weight excluding hydrogens is 260 g/mol. The lowest BCUT2D eigenvalue weighted by molar-refractivity contribution is -0.120. The summed E-state index contributed by atoms with van der Waals surface area (Å²) in [5.74, 6) is -0.129. The molecule has 0 bridgehead atoms. The van der Waals surface area contributed by atoms with Gasteiger partial charge in [0.15, 0.2) is 0 Å². The predicted octanol–water partition coefficient (Wildman–Crippen LogP) is 3.78. The monoisotopic (exact) mass is 278 g/mol. The van der Waals surface area contributed by atoms with Crippen LogP contribution in [0, 0.1) is 18.3 Å². The van der Waals surface area contributed by atoms with Gasteiger partial charge in [0.05, 0.1) is 16.7 Å². The number of nitrogens with one attached hydrogen (secondary N) is 1. The van der Waals surface area contributed by atoms with Gasteiger partial charge in [0.2, 0.25) is 5.91 Å². The van der Waals surface area contributed by atoms with Crippen LogP contribution < -0.4 is 5.32 Å². The second-order valence-electron chi connectivity index (χ2n) is 5.61. The Labute approximate surface area is 125 Å². The third-order valence-electron chi connectivity index (χ3n) is 3.61. The van der Waals surface area contributed by atoms with Crippen LogP contribution in [0.3, 0.4) is 0 Å². The molecule has 0 aromatic heterocycles. The molecule has 0 saturated carbocycles. The maximum absolute atomic E-state index is 12.6. The predicted molar refractivity (Wildman–Crippen MR) is 84.0 cm³/mol. The molecule has 3 heteroatoms. The minimum Gasteiger partial charge on any atom is -0.324 e. The molecule has 0 fully saturated rings. The Kier molecular flexibility index (Phi) is 4.09. The molecule has 0 spiro atoms. The number of nitrogens with zero attached hydrogens (tertiary/aromatic N) is 1. The Balaban J connectivity index is 2.30. The number of hydrogen-bond acceptors (Lipinski definition) is 2. The van der Waals surface area contributed by atoms with Crippen LogP contribution >= 0.6 is 0 Å². The Hall–Kier alpha value is -2.60. The van der Waals surface area contributed by atoms with Crippen LogP contribution in [0.4, 0.5) is 5.69 Å². The highest BCUT2D eigenvalue weighted by Gasteiger charge is 2.30. The average Bonchev–Trinajstić information content (AvgIpc) is 2.48. The van der Waals surface area contributed by atoms with Crippen LogP contribution in [0.5, 0.6) is 0 Å². The van der Waals surface area contributed by atoms with Crippen molar-refractivity contribution in [2.45, 2.75) is 26.2 Å². The van der Waals surface area contributed by atoms with Gasteiger partial charge in [0, 0.05) is 0 Å². The summed E-state index contributed by atoms with van der Waals surface area (Å²) < 4.78 is 0. The number of amides is 1. The van der Waals surface area contributed by atoms with E-state index in [-0.39, 0.29) is 5.91 Å². The maximum atomic E-state index is 12.6. The molecule has 2 aromatic carbocycles. The molecule has 1 amide bonds. The minimum atomic E-state index is -0.669. The SMILES string of the molecule is Cc1ccc(C#N)c(NC(=O)C(C)(C)c2ccccc2)c1. The van der Waals surface area contributed by atoms with E-state index < -0.39 is 5.41 Å². The highest BCUT2D eigenvalue weighted by Crippen LogP contribution is 2.26. The van der Waals surface area contributed by atoms with Crippen LogP contribution in [0.15, 0.2) is 48.5 Å². The number of aryl methyl sites for hydroxylation is 1. The summed E-state index contributed by atoms with van der Waals surface area (Å²) in [4.78, 5) is 12.6. The number of anilines is 1. The lowest BCUT2D eigenvalue weighted by Gasteiger charge is -2.24. The maximum Gasteiger partial charge on any atom is 0.234 e. The molecule has 0 aliphatic rings. The molecule has 0 unspecified atom stereocenters. The second-order valence-corrected chi connectivity index (χ2v) is 5.61. The van der Waals surface area contributed by atoms with Crippen molar-refractivity contribution in [1.82, 2.24) is 0 Å². The van der Waals surface area contributed by atoms with E-state index in [1.807, 2.05) is 63.2 Å². The van der Waals surface area contributed by atoms with E-state index in [2.05, 4.69) is 11.4 Å². The summed E-state index contributed by atoms with van der Waals surface area (Å²) in [6.45, 7) is 5.68. The van der Waals surface area contributed by atoms with Crippen LogP contribution in [-0.4, -0.2) is 5.91 Å². The van der Waals surface area contributed by atoms with Crippen LogP contribution in [0.25, 0.3) is 0 Å². The van der Waals surface area contributed by atoms with Crippen molar-refractivity contribution >= 4 is 11.6 Å². The molecular formula is C18H18N2O. The molecule has 0 heterocycles. The van der Waals surface area contributed by atoms with Crippen molar-refractivity contribution in [3.05, 3.63) is 65.2 Å². The standard InChI is InChI=1S/C18H18N2O/c1-13-9-10-14(12-19)16(11-13)20-17(21)18(2,3)15-7-5-4-6-8-15/h4-11H,1-3H3,(H,20,21). The highest BCUT2D eigenvalue weighted by molar-refractivity contribution is 5.99. The Bertz CT molecular complexity index is 697. The molecule has 0 radical (unpaired) electrons. The molecule has 0 saturated heterocycles. The van der Waals surface area contributed by atoms with Gasteiger partial charge in [-0.3, -0.25) is 4.79 Å². The van der Waals surface area contributed by atoms with Crippen molar-refractivity contribution in [2.75, 3.05) is 5.32 Å². The van der Waals surface area contributed by atoms with E-state index in [1.165, 1.54) is 0 Å². The first kappa shape index (κ1) is 14.8. The van der Waals surface area contributed by atoms with Gasteiger partial charge in [0.1, 0.15) is 6.07 Å². The molecule has 106 valence electrons. The van der Waals surface area contributed by atoms with Gasteiger partial charge < -0.3 is 5.32 Å². The number of carbonyl (C=O) groups is 1. The fourth-order valence-corrected chi connectivity index (χ4v) is 2.12. The van der Waals surface area contributed by atoms with Gasteiger partial charge in [-0.05, 0) is 44.0 Å². The number of carbonyl (C=O) groups excluding carboxylic acids is 1. The van der Waals surface area contributed by atoms with E-state index in [9.17, 15) is 4.79 Å². The summed E-state index contributed by atoms with van der Waals surface area (Å²) in [5.41, 5.74) is 2.30. The summed E-state index contributed by atoms with van der Waals surface area (Å²) in [5, 5.41) is 12.0. The third-order valence-corrected chi connectivity index (χ3v) is 3.61. The van der Waals surface area contributed by atoms with Crippen molar-refractivity contribution in [2.24, 2.45) is 0 Å². The fourth-order valence-electron chi connectivity index (χ4n) is 2.12. The lowest BCUT2D eigenvalue weighted by atomic mass is 9.83. The largest absolute Gasteiger partial charge is 0.324 e. The Morgan fingerprint density at radius 3 is 2.43 bits per heavy atom. The van der Waals surface area contributed by atoms with Crippen molar-refractivity contribution in [1.29, 1.82) is 5.26 Å². The van der Waals surface area contributed by atoms with Gasteiger partial charge >= 0.3 is 0 Å². The normalized spacial score (nSPS) is 10.8. The number of hydrogen-bond donors (Lipinski definition) is 1. The minimum absolute atomic E-state index is 0.129. The zero-order valence-corrected chi connectivity index (χ0v) is 12.5. The number of rotatable bonds is 3. The molecule has 0 aliphatic heterocycles. The smallest absolute Gasteiger partial charge is 0.234 e. The van der Waals surface area contributed by atoms with E-state index in [4.69, 9.17) is 5.26 Å². The molecule has 2 aromatic rings. The van der Waals surface area contributed by atoms with E-state index >= 15 is 0 Å². The second kappa shape index (κ2) is 5.80. The first-order chi connectivity index (χ1) is 9.95. The molecule has 3 nitrogen and oxygen atoms in total. The van der Waals surface area contributed by atoms with Crippen molar-refractivity contribution < 1.29 is 4.79 Å². The zero-order chi connectivity index (χ0) is 15.5. The molecule has 21 heavy (non-hydrogen) atoms. The zero-order valence-electron chi connectivity index (χ0n) is 12.5. The van der Waals surface area contributed by atoms with E-state index in [1.54, 1.807) is 6.07 Å². The topological polar surface area (TPSA) is 52.9 Å². The molecule has 1 N–H and O–H groups in total. The summed E-state index contributed by atoms with van der Waals surface area (Å²) >= 11 is 0. The van der Waals surface area contributed by atoms with Gasteiger partial charge in [-0.15, -0.1) is 0 Å². The first-order valence-corrected chi connectivity index (χ1v) is 6.83. The summed E-state index contributed by atoms with van der Waals surface area (Å²) in [6.07, 6.45) is 0. The van der Waals surface area contributed by atoms with Crippen LogP contribution in [0.2, 0.25) is 0 Å². The lowest BCUT2D eigenvalue weighted by Crippen LogP contribution is -2.34. The summed E-state index contributed by atoms with van der Waals surface area (Å²) in [7, 11) is 0. The van der Waals surface area contributed by atoms with Crippen molar-refractivity contribution in [3.8, 4) is 6.07 Å².